The summed E-state index contributed by atoms with van der Waals surface area (Å²) in [6.45, 7) is 3.71. The van der Waals surface area contributed by atoms with Gasteiger partial charge in [-0.3, -0.25) is 14.4 Å². The van der Waals surface area contributed by atoms with Crippen molar-refractivity contribution in [1.82, 2.24) is 10.6 Å². The molecule has 0 saturated heterocycles. The van der Waals surface area contributed by atoms with E-state index in [1.165, 1.54) is 11.3 Å². The number of thiophene rings is 1. The van der Waals surface area contributed by atoms with E-state index < -0.39 is 11.9 Å². The molecule has 1 atom stereocenters. The summed E-state index contributed by atoms with van der Waals surface area (Å²) in [6.07, 6.45) is 1.25. The quantitative estimate of drug-likeness (QED) is 0.676. The Kier molecular flexibility index (Phi) is 6.87. The van der Waals surface area contributed by atoms with Gasteiger partial charge in [0.2, 0.25) is 5.91 Å². The maximum absolute atomic E-state index is 11.7. The number of carbonyl (C=O) groups excluding carboxylic acids is 2. The number of hydrogen-bond acceptors (Lipinski definition) is 4. The van der Waals surface area contributed by atoms with E-state index in [0.717, 1.165) is 11.3 Å². The van der Waals surface area contributed by atoms with E-state index >= 15 is 0 Å². The molecule has 0 saturated carbocycles. The van der Waals surface area contributed by atoms with Gasteiger partial charge in [0.1, 0.15) is 0 Å². The third-order valence-electron chi connectivity index (χ3n) is 2.91. The number of aryl methyl sites for hydroxylation is 1. The molecule has 3 N–H and O–H groups in total. The van der Waals surface area contributed by atoms with Gasteiger partial charge < -0.3 is 15.7 Å². The minimum atomic E-state index is -0.921. The molecule has 0 aliphatic heterocycles. The van der Waals surface area contributed by atoms with Crippen LogP contribution in [0.15, 0.2) is 12.1 Å². The van der Waals surface area contributed by atoms with Crippen molar-refractivity contribution in [2.75, 3.05) is 13.1 Å². The molecule has 1 unspecified atom stereocenters. The first-order valence-electron chi connectivity index (χ1n) is 6.78. The highest BCUT2D eigenvalue weighted by Crippen LogP contribution is 2.14. The molecular formula is C14H20N2O4S. The second-order valence-electron chi connectivity index (χ2n) is 4.72. The molecule has 1 rings (SSSR count). The highest BCUT2D eigenvalue weighted by atomic mass is 32.1. The number of hydrogen-bond donors (Lipinski definition) is 3. The van der Waals surface area contributed by atoms with Gasteiger partial charge >= 0.3 is 5.97 Å². The number of aliphatic carboxylic acids is 1. The fourth-order valence-electron chi connectivity index (χ4n) is 1.77. The van der Waals surface area contributed by atoms with Crippen molar-refractivity contribution in [3.05, 3.63) is 21.9 Å². The molecule has 21 heavy (non-hydrogen) atoms. The predicted molar refractivity (Wildman–Crippen MR) is 80.4 cm³/mol. The van der Waals surface area contributed by atoms with Crippen LogP contribution in [0.3, 0.4) is 0 Å². The lowest BCUT2D eigenvalue weighted by Crippen LogP contribution is -2.40. The van der Waals surface area contributed by atoms with Gasteiger partial charge in [0.25, 0.3) is 5.91 Å². The number of amides is 2. The lowest BCUT2D eigenvalue weighted by atomic mass is 10.0. The Morgan fingerprint density at radius 3 is 2.52 bits per heavy atom. The summed E-state index contributed by atoms with van der Waals surface area (Å²) in [4.78, 5) is 35.8. The van der Waals surface area contributed by atoms with E-state index in [9.17, 15) is 14.4 Å². The SMILES string of the molecule is CCCC(CNC(=O)CNC(=O)c1ccc(C)s1)C(=O)O. The third kappa shape index (κ3) is 5.95. The van der Waals surface area contributed by atoms with Gasteiger partial charge in [-0.15, -0.1) is 11.3 Å². The van der Waals surface area contributed by atoms with E-state index in [1.807, 2.05) is 19.9 Å². The molecule has 0 bridgehead atoms. The van der Waals surface area contributed by atoms with Gasteiger partial charge in [0.05, 0.1) is 17.3 Å². The average molecular weight is 312 g/mol. The molecule has 7 heteroatoms. The Labute approximate surface area is 127 Å². The Morgan fingerprint density at radius 1 is 1.29 bits per heavy atom. The molecule has 6 nitrogen and oxygen atoms in total. The second-order valence-corrected chi connectivity index (χ2v) is 6.01. The van der Waals surface area contributed by atoms with Crippen LogP contribution < -0.4 is 10.6 Å². The highest BCUT2D eigenvalue weighted by molar-refractivity contribution is 7.13. The minimum absolute atomic E-state index is 0.0794. The molecule has 0 radical (unpaired) electrons. The van der Waals surface area contributed by atoms with Gasteiger partial charge in [0, 0.05) is 11.4 Å². The van der Waals surface area contributed by atoms with Crippen LogP contribution in [0.5, 0.6) is 0 Å². The lowest BCUT2D eigenvalue weighted by molar-refractivity contribution is -0.141. The van der Waals surface area contributed by atoms with Crippen molar-refractivity contribution < 1.29 is 19.5 Å². The molecular weight excluding hydrogens is 292 g/mol. The molecule has 1 heterocycles. The van der Waals surface area contributed by atoms with E-state index in [2.05, 4.69) is 10.6 Å². The maximum atomic E-state index is 11.7. The van der Waals surface area contributed by atoms with Gasteiger partial charge in [0.15, 0.2) is 0 Å². The van der Waals surface area contributed by atoms with Crippen LogP contribution in [-0.2, 0) is 9.59 Å². The van der Waals surface area contributed by atoms with Crippen molar-refractivity contribution in [3.8, 4) is 0 Å². The molecule has 116 valence electrons. The summed E-state index contributed by atoms with van der Waals surface area (Å²) in [7, 11) is 0. The number of rotatable bonds is 8. The van der Waals surface area contributed by atoms with Crippen molar-refractivity contribution in [3.63, 3.8) is 0 Å². The van der Waals surface area contributed by atoms with Gasteiger partial charge in [-0.1, -0.05) is 13.3 Å². The first kappa shape index (κ1) is 17.2. The Hall–Kier alpha value is -1.89. The lowest BCUT2D eigenvalue weighted by Gasteiger charge is -2.12. The maximum Gasteiger partial charge on any atom is 0.308 e. The van der Waals surface area contributed by atoms with Gasteiger partial charge in [-0.05, 0) is 25.5 Å². The topological polar surface area (TPSA) is 95.5 Å². The fraction of sp³-hybridized carbons (Fsp3) is 0.500. The van der Waals surface area contributed by atoms with Crippen molar-refractivity contribution in [1.29, 1.82) is 0 Å². The average Bonchev–Trinajstić information content (AvgIpc) is 2.87. The molecule has 1 aromatic heterocycles. The summed E-state index contributed by atoms with van der Waals surface area (Å²) in [5.41, 5.74) is 0. The third-order valence-corrected chi connectivity index (χ3v) is 3.91. The second kappa shape index (κ2) is 8.41. The highest BCUT2D eigenvalue weighted by Gasteiger charge is 2.17. The van der Waals surface area contributed by atoms with Crippen molar-refractivity contribution in [2.24, 2.45) is 5.92 Å². The van der Waals surface area contributed by atoms with Crippen LogP contribution in [0.25, 0.3) is 0 Å². The molecule has 0 spiro atoms. The molecule has 1 aromatic rings. The molecule has 2 amide bonds. The Balaban J connectivity index is 2.33. The summed E-state index contributed by atoms with van der Waals surface area (Å²) in [5.74, 6) is -2.20. The zero-order valence-corrected chi connectivity index (χ0v) is 13.0. The van der Waals surface area contributed by atoms with Crippen molar-refractivity contribution >= 4 is 29.1 Å². The van der Waals surface area contributed by atoms with Gasteiger partial charge in [-0.25, -0.2) is 0 Å². The van der Waals surface area contributed by atoms with Crippen molar-refractivity contribution in [2.45, 2.75) is 26.7 Å². The van der Waals surface area contributed by atoms with E-state index in [-0.39, 0.29) is 24.9 Å². The van der Waals surface area contributed by atoms with E-state index in [0.29, 0.717) is 11.3 Å². The first-order valence-corrected chi connectivity index (χ1v) is 7.59. The zero-order chi connectivity index (χ0) is 15.8. The number of nitrogens with one attached hydrogen (secondary N) is 2. The standard InChI is InChI=1S/C14H20N2O4S/c1-3-4-10(14(19)20)7-15-12(17)8-16-13(18)11-6-5-9(2)21-11/h5-6,10H,3-4,7-8H2,1-2H3,(H,15,17)(H,16,18)(H,19,20). The smallest absolute Gasteiger partial charge is 0.308 e. The number of carboxylic acid groups (broad SMARTS) is 1. The van der Waals surface area contributed by atoms with Crippen LogP contribution in [0.2, 0.25) is 0 Å². The van der Waals surface area contributed by atoms with Crippen LogP contribution in [0, 0.1) is 12.8 Å². The molecule has 0 aliphatic rings. The molecule has 0 aliphatic carbocycles. The normalized spacial score (nSPS) is 11.7. The predicted octanol–water partition coefficient (Wildman–Crippen LogP) is 1.40. The molecule has 0 fully saturated rings. The largest absolute Gasteiger partial charge is 0.481 e. The fourth-order valence-corrected chi connectivity index (χ4v) is 2.55. The minimum Gasteiger partial charge on any atom is -0.481 e. The Bertz CT molecular complexity index is 513. The summed E-state index contributed by atoms with van der Waals surface area (Å²) in [5, 5.41) is 14.0. The van der Waals surface area contributed by atoms with E-state index in [4.69, 9.17) is 5.11 Å². The van der Waals surface area contributed by atoms with Crippen LogP contribution in [0.4, 0.5) is 0 Å². The van der Waals surface area contributed by atoms with Gasteiger partial charge in [-0.2, -0.15) is 0 Å². The van der Waals surface area contributed by atoms with E-state index in [1.54, 1.807) is 6.07 Å². The van der Waals surface area contributed by atoms with Crippen LogP contribution in [-0.4, -0.2) is 36.0 Å². The monoisotopic (exact) mass is 312 g/mol. The number of carbonyl (C=O) groups is 3. The summed E-state index contributed by atoms with van der Waals surface area (Å²) in [6, 6.07) is 3.54. The van der Waals surface area contributed by atoms with Crippen LogP contribution >= 0.6 is 11.3 Å². The molecule has 0 aromatic carbocycles. The first-order chi connectivity index (χ1) is 9.93. The number of carboxylic acids is 1. The summed E-state index contributed by atoms with van der Waals surface area (Å²) < 4.78 is 0. The summed E-state index contributed by atoms with van der Waals surface area (Å²) >= 11 is 1.35. The zero-order valence-electron chi connectivity index (χ0n) is 12.1. The van der Waals surface area contributed by atoms with Crippen LogP contribution in [0.1, 0.15) is 34.3 Å². The Morgan fingerprint density at radius 2 is 2.00 bits per heavy atom.